The number of nitrogen functional groups attached to an aromatic ring is 2. The summed E-state index contributed by atoms with van der Waals surface area (Å²) in [7, 11) is 0. The smallest absolute Gasteiger partial charge is 0.224 e. The molecule has 9 heteroatoms. The first-order chi connectivity index (χ1) is 11.1. The van der Waals surface area contributed by atoms with Crippen LogP contribution in [0.1, 0.15) is 11.5 Å². The predicted molar refractivity (Wildman–Crippen MR) is 87.8 cm³/mol. The number of furan rings is 1. The minimum atomic E-state index is 0.127. The van der Waals surface area contributed by atoms with Crippen LogP contribution < -0.4 is 11.5 Å². The van der Waals surface area contributed by atoms with Gasteiger partial charge in [-0.2, -0.15) is 9.97 Å². The highest BCUT2D eigenvalue weighted by Gasteiger charge is 2.13. The average molecular weight is 327 g/mol. The Balaban J connectivity index is 1.68. The van der Waals surface area contributed by atoms with Gasteiger partial charge in [0.1, 0.15) is 11.3 Å². The number of hydrogen-bond acceptors (Lipinski definition) is 8. The van der Waals surface area contributed by atoms with Gasteiger partial charge >= 0.3 is 0 Å². The van der Waals surface area contributed by atoms with Gasteiger partial charge in [0.05, 0.1) is 18.6 Å². The van der Waals surface area contributed by atoms with E-state index in [9.17, 15) is 0 Å². The van der Waals surface area contributed by atoms with Gasteiger partial charge in [0, 0.05) is 5.38 Å². The molecule has 0 aliphatic carbocycles. The molecule has 0 spiro atoms. The first-order valence-corrected chi connectivity index (χ1v) is 7.73. The Bertz CT molecular complexity index is 1000. The molecule has 0 aromatic carbocycles. The van der Waals surface area contributed by atoms with Crippen LogP contribution in [-0.2, 0) is 6.54 Å². The van der Waals surface area contributed by atoms with E-state index in [4.69, 9.17) is 15.9 Å². The first-order valence-electron chi connectivity index (χ1n) is 6.85. The van der Waals surface area contributed by atoms with Crippen molar-refractivity contribution in [2.45, 2.75) is 13.5 Å². The molecule has 4 rings (SSSR count). The maximum Gasteiger partial charge on any atom is 0.224 e. The summed E-state index contributed by atoms with van der Waals surface area (Å²) in [5, 5.41) is 2.82. The highest BCUT2D eigenvalue weighted by Crippen LogP contribution is 2.26. The summed E-state index contributed by atoms with van der Waals surface area (Å²) in [4.78, 5) is 16.9. The van der Waals surface area contributed by atoms with Crippen molar-refractivity contribution in [1.29, 1.82) is 0 Å². The summed E-state index contributed by atoms with van der Waals surface area (Å²) in [5.41, 5.74) is 13.5. The molecule has 8 nitrogen and oxygen atoms in total. The molecule has 0 fully saturated rings. The second-order valence-electron chi connectivity index (χ2n) is 5.07. The van der Waals surface area contributed by atoms with Crippen LogP contribution in [0.3, 0.4) is 0 Å². The van der Waals surface area contributed by atoms with Gasteiger partial charge in [-0.3, -0.25) is 0 Å². The molecule has 23 heavy (non-hydrogen) atoms. The van der Waals surface area contributed by atoms with E-state index in [0.29, 0.717) is 17.7 Å². The molecule has 4 aromatic heterocycles. The van der Waals surface area contributed by atoms with Crippen molar-refractivity contribution in [3.05, 3.63) is 35.3 Å². The molecular weight excluding hydrogens is 314 g/mol. The van der Waals surface area contributed by atoms with E-state index in [0.717, 1.165) is 22.2 Å². The summed E-state index contributed by atoms with van der Waals surface area (Å²) in [5.74, 6) is 2.03. The summed E-state index contributed by atoms with van der Waals surface area (Å²) in [6, 6.07) is 3.83. The Morgan fingerprint density at radius 1 is 1.22 bits per heavy atom. The molecular formula is C14H13N7OS. The molecule has 0 aliphatic rings. The fourth-order valence-electron chi connectivity index (χ4n) is 2.32. The Labute approximate surface area is 134 Å². The van der Waals surface area contributed by atoms with E-state index in [1.807, 2.05) is 29.0 Å². The molecule has 4 heterocycles. The Morgan fingerprint density at radius 3 is 2.87 bits per heavy atom. The Morgan fingerprint density at radius 2 is 2.09 bits per heavy atom. The lowest BCUT2D eigenvalue weighted by molar-refractivity contribution is 0.547. The molecule has 0 saturated heterocycles. The molecule has 0 unspecified atom stereocenters. The number of rotatable bonds is 3. The van der Waals surface area contributed by atoms with E-state index in [1.165, 1.54) is 11.3 Å². The Kier molecular flexibility index (Phi) is 3.01. The van der Waals surface area contributed by atoms with Crippen LogP contribution in [-0.4, -0.2) is 24.5 Å². The molecule has 0 aliphatic heterocycles. The summed E-state index contributed by atoms with van der Waals surface area (Å²) < 4.78 is 7.44. The SMILES string of the molecule is Cc1ccc(-c2nc(Cn3cnc4c(N)nc(N)nc43)cs2)o1. The summed E-state index contributed by atoms with van der Waals surface area (Å²) in [6.45, 7) is 2.42. The van der Waals surface area contributed by atoms with E-state index in [1.54, 1.807) is 6.33 Å². The zero-order chi connectivity index (χ0) is 16.0. The number of nitrogens with zero attached hydrogens (tertiary/aromatic N) is 5. The number of imidazole rings is 1. The lowest BCUT2D eigenvalue weighted by Gasteiger charge is -2.02. The molecule has 116 valence electrons. The third kappa shape index (κ3) is 2.40. The van der Waals surface area contributed by atoms with Crippen molar-refractivity contribution in [1.82, 2.24) is 24.5 Å². The lowest BCUT2D eigenvalue weighted by atomic mass is 10.4. The standard InChI is InChI=1S/C14H13N7OS/c1-7-2-3-9(22-7)13-18-8(5-23-13)4-21-6-17-10-11(15)19-14(16)20-12(10)21/h2-3,5-6H,4H2,1H3,(H4,15,16,19,20). The number of nitrogens with two attached hydrogens (primary N) is 2. The largest absolute Gasteiger partial charge is 0.459 e. The van der Waals surface area contributed by atoms with Crippen molar-refractivity contribution < 1.29 is 4.42 Å². The van der Waals surface area contributed by atoms with Crippen LogP contribution in [0.25, 0.3) is 21.9 Å². The molecule has 0 radical (unpaired) electrons. The first kappa shape index (κ1) is 13.7. The highest BCUT2D eigenvalue weighted by atomic mass is 32.1. The van der Waals surface area contributed by atoms with Crippen molar-refractivity contribution in [3.63, 3.8) is 0 Å². The fraction of sp³-hybridized carbons (Fsp3) is 0.143. The average Bonchev–Trinajstić information content (AvgIpc) is 3.20. The van der Waals surface area contributed by atoms with E-state index >= 15 is 0 Å². The number of hydrogen-bond donors (Lipinski definition) is 2. The second kappa shape index (κ2) is 5.06. The van der Waals surface area contributed by atoms with Gasteiger partial charge in [0.15, 0.2) is 22.2 Å². The normalized spacial score (nSPS) is 11.3. The van der Waals surface area contributed by atoms with Crippen molar-refractivity contribution in [3.8, 4) is 10.8 Å². The van der Waals surface area contributed by atoms with E-state index < -0.39 is 0 Å². The Hall–Kier alpha value is -2.94. The summed E-state index contributed by atoms with van der Waals surface area (Å²) in [6.07, 6.45) is 1.66. The van der Waals surface area contributed by atoms with Gasteiger partial charge in [-0.1, -0.05) is 0 Å². The molecule has 4 N–H and O–H groups in total. The van der Waals surface area contributed by atoms with Crippen LogP contribution >= 0.6 is 11.3 Å². The maximum atomic E-state index is 5.81. The second-order valence-corrected chi connectivity index (χ2v) is 5.92. The van der Waals surface area contributed by atoms with E-state index in [2.05, 4.69) is 19.9 Å². The number of fused-ring (bicyclic) bond motifs is 1. The van der Waals surface area contributed by atoms with Gasteiger partial charge in [0.25, 0.3) is 0 Å². The van der Waals surface area contributed by atoms with Gasteiger partial charge < -0.3 is 20.5 Å². The van der Waals surface area contributed by atoms with Crippen LogP contribution in [0.5, 0.6) is 0 Å². The number of thiazole rings is 1. The quantitative estimate of drug-likeness (QED) is 0.590. The number of aryl methyl sites for hydroxylation is 1. The van der Waals surface area contributed by atoms with Gasteiger partial charge in [0.2, 0.25) is 5.95 Å². The van der Waals surface area contributed by atoms with Crippen LogP contribution in [0.15, 0.2) is 28.3 Å². The molecule has 0 amide bonds. The van der Waals surface area contributed by atoms with Gasteiger partial charge in [-0.05, 0) is 19.1 Å². The van der Waals surface area contributed by atoms with Crippen LogP contribution in [0.2, 0.25) is 0 Å². The maximum absolute atomic E-state index is 5.81. The predicted octanol–water partition coefficient (Wildman–Crippen LogP) is 2.06. The third-order valence-electron chi connectivity index (χ3n) is 3.34. The molecule has 4 aromatic rings. The number of anilines is 2. The molecule has 0 saturated carbocycles. The van der Waals surface area contributed by atoms with Crippen molar-refractivity contribution >= 4 is 34.3 Å². The zero-order valence-electron chi connectivity index (χ0n) is 12.2. The minimum Gasteiger partial charge on any atom is -0.459 e. The minimum absolute atomic E-state index is 0.127. The third-order valence-corrected chi connectivity index (χ3v) is 4.25. The van der Waals surface area contributed by atoms with Gasteiger partial charge in [-0.25, -0.2) is 9.97 Å². The van der Waals surface area contributed by atoms with Gasteiger partial charge in [-0.15, -0.1) is 11.3 Å². The zero-order valence-corrected chi connectivity index (χ0v) is 13.0. The van der Waals surface area contributed by atoms with Crippen molar-refractivity contribution in [2.75, 3.05) is 11.5 Å². The number of aromatic nitrogens is 5. The monoisotopic (exact) mass is 327 g/mol. The lowest BCUT2D eigenvalue weighted by Crippen LogP contribution is -2.04. The topological polar surface area (TPSA) is 122 Å². The van der Waals surface area contributed by atoms with E-state index in [-0.39, 0.29) is 11.8 Å². The van der Waals surface area contributed by atoms with Crippen LogP contribution in [0, 0.1) is 6.92 Å². The highest BCUT2D eigenvalue weighted by molar-refractivity contribution is 7.13. The van der Waals surface area contributed by atoms with Crippen LogP contribution in [0.4, 0.5) is 11.8 Å². The molecule has 0 atom stereocenters. The van der Waals surface area contributed by atoms with Crippen molar-refractivity contribution in [2.24, 2.45) is 0 Å². The molecule has 0 bridgehead atoms. The fourth-order valence-corrected chi connectivity index (χ4v) is 3.09. The summed E-state index contributed by atoms with van der Waals surface area (Å²) >= 11 is 1.53.